The molecule has 0 saturated carbocycles. The van der Waals surface area contributed by atoms with Crippen LogP contribution in [0.2, 0.25) is 10.0 Å². The van der Waals surface area contributed by atoms with Gasteiger partial charge in [-0.2, -0.15) is 0 Å². The summed E-state index contributed by atoms with van der Waals surface area (Å²) >= 11 is 15.8. The van der Waals surface area contributed by atoms with Crippen LogP contribution in [0.25, 0.3) is 0 Å². The fourth-order valence-corrected chi connectivity index (χ4v) is 3.22. The summed E-state index contributed by atoms with van der Waals surface area (Å²) in [5, 5.41) is 0.600. The second-order valence-corrected chi connectivity index (χ2v) is 7.61. The number of benzene rings is 2. The molecule has 2 rings (SSSR count). The number of carbonyl (C=O) groups excluding carboxylic acids is 1. The van der Waals surface area contributed by atoms with Gasteiger partial charge >= 0.3 is 5.97 Å². The van der Waals surface area contributed by atoms with Crippen molar-refractivity contribution in [3.8, 4) is 11.5 Å². The molecule has 26 heavy (non-hydrogen) atoms. The van der Waals surface area contributed by atoms with Crippen molar-refractivity contribution in [1.82, 2.24) is 0 Å². The van der Waals surface area contributed by atoms with E-state index in [0.29, 0.717) is 28.2 Å². The largest absolute Gasteiger partial charge is 0.490 e. The van der Waals surface area contributed by atoms with Gasteiger partial charge in [-0.3, -0.25) is 0 Å². The molecule has 0 atom stereocenters. The molecule has 0 heterocycles. The Labute approximate surface area is 172 Å². The van der Waals surface area contributed by atoms with Crippen LogP contribution < -0.4 is 9.47 Å². The van der Waals surface area contributed by atoms with Crippen molar-refractivity contribution in [2.24, 2.45) is 0 Å². The molecule has 0 radical (unpaired) electrons. The van der Waals surface area contributed by atoms with Crippen LogP contribution in [0.4, 0.5) is 0 Å². The van der Waals surface area contributed by atoms with E-state index in [9.17, 15) is 4.79 Å². The number of ether oxygens (including phenoxy) is 2. The average Bonchev–Trinajstić information content (AvgIpc) is 2.61. The smallest absolute Gasteiger partial charge is 0.343 e. The Morgan fingerprint density at radius 2 is 1.62 bits per heavy atom. The number of rotatable bonds is 9. The minimum atomic E-state index is -0.526. The normalized spacial score (nSPS) is 10.6. The molecule has 0 aliphatic heterocycles. The van der Waals surface area contributed by atoms with E-state index >= 15 is 0 Å². The average molecular weight is 460 g/mol. The number of esters is 1. The lowest BCUT2D eigenvalue weighted by molar-refractivity contribution is 0.0734. The monoisotopic (exact) mass is 458 g/mol. The fourth-order valence-electron chi connectivity index (χ4n) is 2.36. The first-order chi connectivity index (χ1) is 12.5. The standard InChI is InChI=1S/C20H21BrCl2O3/c1-2-3-4-5-6-11-25-19-17(22)12-14(13-18(19)23)20(24)26-16-9-7-15(21)8-10-16/h7-10,12-13H,2-6,11H2,1H3. The fraction of sp³-hybridized carbons (Fsp3) is 0.350. The molecular formula is C20H21BrCl2O3. The zero-order valence-corrected chi connectivity index (χ0v) is 17.7. The van der Waals surface area contributed by atoms with E-state index in [-0.39, 0.29) is 5.56 Å². The lowest BCUT2D eigenvalue weighted by Crippen LogP contribution is -2.09. The van der Waals surface area contributed by atoms with Gasteiger partial charge in [-0.25, -0.2) is 4.79 Å². The third kappa shape index (κ3) is 6.49. The molecule has 0 saturated heterocycles. The van der Waals surface area contributed by atoms with E-state index in [1.165, 1.54) is 31.4 Å². The molecule has 0 unspecified atom stereocenters. The lowest BCUT2D eigenvalue weighted by Gasteiger charge is -2.12. The molecule has 0 aromatic heterocycles. The Hall–Kier alpha value is -1.23. The number of carbonyl (C=O) groups is 1. The first-order valence-corrected chi connectivity index (χ1v) is 10.2. The Bertz CT molecular complexity index is 709. The molecule has 0 bridgehead atoms. The van der Waals surface area contributed by atoms with E-state index in [1.54, 1.807) is 24.3 Å². The summed E-state index contributed by atoms with van der Waals surface area (Å²) in [5.41, 5.74) is 0.276. The van der Waals surface area contributed by atoms with Gasteiger partial charge in [0, 0.05) is 4.47 Å². The molecule has 2 aromatic carbocycles. The van der Waals surface area contributed by atoms with Gasteiger partial charge in [0.05, 0.1) is 22.2 Å². The molecule has 0 aliphatic rings. The third-order valence-corrected chi connectivity index (χ3v) is 4.84. The van der Waals surface area contributed by atoms with Gasteiger partial charge in [0.15, 0.2) is 5.75 Å². The zero-order valence-electron chi connectivity index (χ0n) is 14.6. The van der Waals surface area contributed by atoms with Gasteiger partial charge in [-0.1, -0.05) is 71.7 Å². The molecule has 0 spiro atoms. The van der Waals surface area contributed by atoms with Crippen molar-refractivity contribution in [2.45, 2.75) is 39.0 Å². The zero-order chi connectivity index (χ0) is 18.9. The van der Waals surface area contributed by atoms with Crippen molar-refractivity contribution in [3.63, 3.8) is 0 Å². The Kier molecular flexibility index (Phi) is 8.76. The van der Waals surface area contributed by atoms with Crippen LogP contribution >= 0.6 is 39.1 Å². The lowest BCUT2D eigenvalue weighted by atomic mass is 10.2. The Morgan fingerprint density at radius 1 is 1.00 bits per heavy atom. The van der Waals surface area contributed by atoms with Crippen LogP contribution in [0.3, 0.4) is 0 Å². The van der Waals surface area contributed by atoms with E-state index in [0.717, 1.165) is 17.3 Å². The molecule has 0 fully saturated rings. The molecule has 0 aliphatic carbocycles. The van der Waals surface area contributed by atoms with Crippen molar-refractivity contribution in [1.29, 1.82) is 0 Å². The first kappa shape index (κ1) is 21.1. The number of unbranched alkanes of at least 4 members (excludes halogenated alkanes) is 4. The van der Waals surface area contributed by atoms with Crippen molar-refractivity contribution >= 4 is 45.1 Å². The summed E-state index contributed by atoms with van der Waals surface area (Å²) in [6, 6.07) is 10.0. The van der Waals surface area contributed by atoms with Crippen LogP contribution in [0.15, 0.2) is 40.9 Å². The summed E-state index contributed by atoms with van der Waals surface area (Å²) in [6.07, 6.45) is 5.69. The minimum absolute atomic E-state index is 0.276. The van der Waals surface area contributed by atoms with Crippen LogP contribution in [0.1, 0.15) is 49.4 Å². The van der Waals surface area contributed by atoms with Gasteiger partial charge in [-0.05, 0) is 42.8 Å². The van der Waals surface area contributed by atoms with E-state index < -0.39 is 5.97 Å². The van der Waals surface area contributed by atoms with E-state index in [4.69, 9.17) is 32.7 Å². The topological polar surface area (TPSA) is 35.5 Å². The highest BCUT2D eigenvalue weighted by Gasteiger charge is 2.16. The molecule has 140 valence electrons. The summed E-state index contributed by atoms with van der Waals surface area (Å²) in [7, 11) is 0. The number of halogens is 3. The third-order valence-electron chi connectivity index (χ3n) is 3.75. The predicted octanol–water partition coefficient (Wildman–Crippen LogP) is 7.32. The predicted molar refractivity (Wildman–Crippen MR) is 110 cm³/mol. The van der Waals surface area contributed by atoms with Crippen molar-refractivity contribution in [3.05, 3.63) is 56.5 Å². The van der Waals surface area contributed by atoms with Crippen LogP contribution in [-0.4, -0.2) is 12.6 Å². The highest BCUT2D eigenvalue weighted by atomic mass is 79.9. The van der Waals surface area contributed by atoms with Crippen LogP contribution in [0.5, 0.6) is 11.5 Å². The van der Waals surface area contributed by atoms with Gasteiger partial charge in [0.25, 0.3) is 0 Å². The van der Waals surface area contributed by atoms with Crippen LogP contribution in [0, 0.1) is 0 Å². The Morgan fingerprint density at radius 3 is 2.23 bits per heavy atom. The van der Waals surface area contributed by atoms with Crippen molar-refractivity contribution in [2.75, 3.05) is 6.61 Å². The number of hydrogen-bond acceptors (Lipinski definition) is 3. The minimum Gasteiger partial charge on any atom is -0.490 e. The number of hydrogen-bond donors (Lipinski definition) is 0. The highest BCUT2D eigenvalue weighted by Crippen LogP contribution is 2.34. The van der Waals surface area contributed by atoms with Crippen LogP contribution in [-0.2, 0) is 0 Å². The maximum absolute atomic E-state index is 12.3. The molecule has 0 amide bonds. The maximum Gasteiger partial charge on any atom is 0.343 e. The molecule has 3 nitrogen and oxygen atoms in total. The van der Waals surface area contributed by atoms with E-state index in [1.807, 2.05) is 0 Å². The molecule has 2 aromatic rings. The van der Waals surface area contributed by atoms with Gasteiger partial charge in [0.1, 0.15) is 5.75 Å². The first-order valence-electron chi connectivity index (χ1n) is 8.61. The summed E-state index contributed by atoms with van der Waals surface area (Å²) in [6.45, 7) is 2.73. The summed E-state index contributed by atoms with van der Waals surface area (Å²) < 4.78 is 11.9. The van der Waals surface area contributed by atoms with Gasteiger partial charge < -0.3 is 9.47 Å². The summed E-state index contributed by atoms with van der Waals surface area (Å²) in [4.78, 5) is 12.3. The van der Waals surface area contributed by atoms with Gasteiger partial charge in [0.2, 0.25) is 0 Å². The molecule has 6 heteroatoms. The second kappa shape index (κ2) is 10.8. The maximum atomic E-state index is 12.3. The summed E-state index contributed by atoms with van der Waals surface area (Å²) in [5.74, 6) is 0.323. The Balaban J connectivity index is 1.96. The van der Waals surface area contributed by atoms with E-state index in [2.05, 4.69) is 22.9 Å². The molecular weight excluding hydrogens is 439 g/mol. The second-order valence-electron chi connectivity index (χ2n) is 5.88. The highest BCUT2D eigenvalue weighted by molar-refractivity contribution is 9.10. The molecule has 0 N–H and O–H groups in total. The van der Waals surface area contributed by atoms with Gasteiger partial charge in [-0.15, -0.1) is 0 Å². The quantitative estimate of drug-likeness (QED) is 0.223. The SMILES string of the molecule is CCCCCCCOc1c(Cl)cc(C(=O)Oc2ccc(Br)cc2)cc1Cl. The van der Waals surface area contributed by atoms with Crippen molar-refractivity contribution < 1.29 is 14.3 Å².